The first kappa shape index (κ1) is 19.1. The van der Waals surface area contributed by atoms with E-state index in [2.05, 4.69) is 15.6 Å². The van der Waals surface area contributed by atoms with Crippen LogP contribution in [0.25, 0.3) is 0 Å². The van der Waals surface area contributed by atoms with E-state index in [1.54, 1.807) is 12.3 Å². The molecule has 0 bridgehead atoms. The monoisotopic (exact) mass is 407 g/mol. The Hall–Kier alpha value is -2.26. The number of quaternary nitrogens is 1. The molecule has 2 N–H and O–H groups in total. The number of ether oxygens (including phenoxy) is 1. The fourth-order valence-corrected chi connectivity index (χ4v) is 5.30. The smallest absolute Gasteiger partial charge is 0.408 e. The van der Waals surface area contributed by atoms with Crippen LogP contribution in [0.4, 0.5) is 14.3 Å². The summed E-state index contributed by atoms with van der Waals surface area (Å²) < 4.78 is 22.0. The van der Waals surface area contributed by atoms with E-state index in [0.29, 0.717) is 18.7 Å². The molecule has 1 aromatic rings. The molecule has 1 unspecified atom stereocenters. The Morgan fingerprint density at radius 1 is 1.50 bits per heavy atom. The maximum atomic E-state index is 16.5. The van der Waals surface area contributed by atoms with Crippen molar-refractivity contribution in [3.05, 3.63) is 35.4 Å². The van der Waals surface area contributed by atoms with Crippen molar-refractivity contribution < 1.29 is 18.7 Å². The Balaban J connectivity index is 1.66. The zero-order valence-corrected chi connectivity index (χ0v) is 16.5. The second-order valence-corrected chi connectivity index (χ2v) is 8.38. The van der Waals surface area contributed by atoms with Crippen molar-refractivity contribution in [1.29, 1.82) is 0 Å². The molecule has 3 aliphatic rings. The van der Waals surface area contributed by atoms with Crippen LogP contribution >= 0.6 is 11.3 Å². The molecule has 2 fully saturated rings. The van der Waals surface area contributed by atoms with Gasteiger partial charge in [0, 0.05) is 37.4 Å². The largest absolute Gasteiger partial charge is 0.442 e. The Morgan fingerprint density at radius 3 is 2.96 bits per heavy atom. The summed E-state index contributed by atoms with van der Waals surface area (Å²) in [7, 11) is 0. The minimum Gasteiger partial charge on any atom is -0.442 e. The molecule has 0 aromatic carbocycles. The van der Waals surface area contributed by atoms with E-state index < -0.39 is 24.0 Å². The normalized spacial score (nSPS) is 31.2. The van der Waals surface area contributed by atoms with Crippen LogP contribution in [0.3, 0.4) is 0 Å². The lowest BCUT2D eigenvalue weighted by Gasteiger charge is -2.43. The highest BCUT2D eigenvalue weighted by atomic mass is 32.1. The molecule has 7 nitrogen and oxygen atoms in total. The predicted molar refractivity (Wildman–Crippen MR) is 104 cm³/mol. The number of halogens is 1. The van der Waals surface area contributed by atoms with Crippen molar-refractivity contribution in [3.63, 3.8) is 0 Å². The van der Waals surface area contributed by atoms with Gasteiger partial charge in [-0.05, 0) is 5.57 Å². The zero-order valence-electron chi connectivity index (χ0n) is 15.7. The van der Waals surface area contributed by atoms with Crippen LogP contribution in [0.2, 0.25) is 0 Å². The third-order valence-corrected chi connectivity index (χ3v) is 6.67. The van der Waals surface area contributed by atoms with Gasteiger partial charge in [0.2, 0.25) is 5.91 Å². The first-order valence-electron chi connectivity index (χ1n) is 9.51. The molecule has 150 valence electrons. The number of alkyl halides is 1. The third-order valence-electron chi connectivity index (χ3n) is 5.74. The lowest BCUT2D eigenvalue weighted by Crippen LogP contribution is -2.61. The number of alkyl carbamates (subject to hydrolysis) is 1. The molecule has 28 heavy (non-hydrogen) atoms. The van der Waals surface area contributed by atoms with Gasteiger partial charge in [0.25, 0.3) is 10.9 Å². The van der Waals surface area contributed by atoms with Gasteiger partial charge in [-0.2, -0.15) is 9.37 Å². The number of carbonyl (C=O) groups excluding carboxylic acids is 2. The van der Waals surface area contributed by atoms with Gasteiger partial charge in [0.15, 0.2) is 0 Å². The molecule has 2 saturated heterocycles. The van der Waals surface area contributed by atoms with Crippen LogP contribution in [-0.2, 0) is 9.53 Å². The van der Waals surface area contributed by atoms with E-state index in [1.807, 2.05) is 17.5 Å². The summed E-state index contributed by atoms with van der Waals surface area (Å²) in [5.41, 5.74) is 0.663. The zero-order chi connectivity index (χ0) is 19.8. The molecular formula is C19H24FN4O3S+. The number of hydrogen-bond donors (Lipinski definition) is 2. The van der Waals surface area contributed by atoms with Gasteiger partial charge in [-0.25, -0.2) is 9.28 Å². The number of carbonyl (C=O) groups is 2. The maximum Gasteiger partial charge on any atom is 0.408 e. The summed E-state index contributed by atoms with van der Waals surface area (Å²) in [5, 5.41) is 8.09. The van der Waals surface area contributed by atoms with Crippen molar-refractivity contribution in [2.45, 2.75) is 44.1 Å². The number of amides is 2. The topological polar surface area (TPSA) is 80.3 Å². The van der Waals surface area contributed by atoms with Crippen LogP contribution in [0.1, 0.15) is 26.2 Å². The van der Waals surface area contributed by atoms with Gasteiger partial charge in [-0.3, -0.25) is 4.79 Å². The van der Waals surface area contributed by atoms with E-state index in [0.717, 1.165) is 18.0 Å². The average Bonchev–Trinajstić information content (AvgIpc) is 3.40. The third kappa shape index (κ3) is 3.22. The van der Waals surface area contributed by atoms with Gasteiger partial charge < -0.3 is 15.4 Å². The van der Waals surface area contributed by atoms with Crippen LogP contribution in [0.15, 0.2) is 35.4 Å². The number of aromatic nitrogens is 1. The van der Waals surface area contributed by atoms with E-state index in [-0.39, 0.29) is 23.4 Å². The first-order chi connectivity index (χ1) is 13.4. The average molecular weight is 407 g/mol. The standard InChI is InChI=1S/C19H23FN4O3S/c1-13(25)22-12-15-16(23-18(26)27-15)14-5-4-6-19(20,11-14)24(8-2-3-9-24)17-21-7-10-28-17/h4-5,7,10-11,15-16H,2-3,6,8-9,12H2,1H3,(H-,22,23,25,26)/p+1/t15-,16?,19+/m0/s1. The minimum atomic E-state index is -1.63. The Bertz CT molecular complexity index is 819. The van der Waals surface area contributed by atoms with Crippen LogP contribution in [0.5, 0.6) is 0 Å². The highest BCUT2D eigenvalue weighted by molar-refractivity contribution is 7.13. The summed E-state index contributed by atoms with van der Waals surface area (Å²) in [6, 6.07) is -0.509. The van der Waals surface area contributed by atoms with Crippen molar-refractivity contribution in [3.8, 4) is 0 Å². The highest BCUT2D eigenvalue weighted by Crippen LogP contribution is 2.45. The Labute approximate surface area is 166 Å². The molecule has 2 aliphatic heterocycles. The van der Waals surface area contributed by atoms with E-state index in [1.165, 1.54) is 18.3 Å². The van der Waals surface area contributed by atoms with Gasteiger partial charge in [0.05, 0.1) is 32.1 Å². The molecule has 2 amide bonds. The maximum absolute atomic E-state index is 16.5. The molecule has 4 rings (SSSR count). The number of nitrogens with one attached hydrogen (secondary N) is 2. The second-order valence-electron chi connectivity index (χ2n) is 7.51. The second kappa shape index (κ2) is 7.29. The summed E-state index contributed by atoms with van der Waals surface area (Å²) in [6.45, 7) is 2.98. The lowest BCUT2D eigenvalue weighted by molar-refractivity contribution is -0.119. The molecule has 1 aliphatic carbocycles. The van der Waals surface area contributed by atoms with E-state index in [4.69, 9.17) is 4.74 Å². The number of thiazole rings is 1. The Morgan fingerprint density at radius 2 is 2.29 bits per heavy atom. The fraction of sp³-hybridized carbons (Fsp3) is 0.526. The molecule has 1 aromatic heterocycles. The number of rotatable bonds is 5. The Kier molecular flexibility index (Phi) is 4.96. The number of cyclic esters (lactones) is 1. The molecule has 0 saturated carbocycles. The van der Waals surface area contributed by atoms with Crippen LogP contribution in [-0.4, -0.2) is 54.6 Å². The fourth-order valence-electron chi connectivity index (χ4n) is 4.40. The van der Waals surface area contributed by atoms with Gasteiger partial charge >= 0.3 is 6.09 Å². The van der Waals surface area contributed by atoms with E-state index in [9.17, 15) is 9.59 Å². The molecular weight excluding hydrogens is 383 g/mol. The minimum absolute atomic E-state index is 0.176. The van der Waals surface area contributed by atoms with Crippen LogP contribution < -0.4 is 15.1 Å². The van der Waals surface area contributed by atoms with Gasteiger partial charge in [-0.15, -0.1) is 0 Å². The summed E-state index contributed by atoms with van der Waals surface area (Å²) in [4.78, 5) is 27.5. The summed E-state index contributed by atoms with van der Waals surface area (Å²) in [5.74, 6) is -1.84. The van der Waals surface area contributed by atoms with Crippen molar-refractivity contribution in [2.24, 2.45) is 0 Å². The summed E-state index contributed by atoms with van der Waals surface area (Å²) >= 11 is 1.48. The molecule has 3 atom stereocenters. The van der Waals surface area contributed by atoms with Crippen LogP contribution in [0, 0.1) is 0 Å². The molecule has 0 spiro atoms. The number of hydrogen-bond acceptors (Lipinski definition) is 5. The molecule has 9 heteroatoms. The molecule has 3 heterocycles. The predicted octanol–water partition coefficient (Wildman–Crippen LogP) is 2.41. The summed E-state index contributed by atoms with van der Waals surface area (Å²) in [6.07, 6.45) is 8.04. The quantitative estimate of drug-likeness (QED) is 0.580. The number of nitrogens with zero attached hydrogens (tertiary/aromatic N) is 2. The highest BCUT2D eigenvalue weighted by Gasteiger charge is 2.56. The van der Waals surface area contributed by atoms with Gasteiger partial charge in [-0.1, -0.05) is 23.5 Å². The van der Waals surface area contributed by atoms with Gasteiger partial charge in [0.1, 0.15) is 6.10 Å². The van der Waals surface area contributed by atoms with E-state index >= 15 is 4.39 Å². The van der Waals surface area contributed by atoms with Crippen molar-refractivity contribution in [2.75, 3.05) is 19.6 Å². The SMILES string of the molecule is CC(=O)NC[C@@H]1OC(=O)NC1C1=C[C@](F)([N+]2(c3nccs3)CCCC2)CC=C1. The van der Waals surface area contributed by atoms with Crippen molar-refractivity contribution >= 4 is 28.5 Å². The molecule has 0 radical (unpaired) electrons. The van der Waals surface area contributed by atoms with Crippen molar-refractivity contribution in [1.82, 2.24) is 20.1 Å². The lowest BCUT2D eigenvalue weighted by atomic mass is 9.91. The number of likely N-dealkylation sites (tertiary alicyclic amines) is 1. The first-order valence-corrected chi connectivity index (χ1v) is 10.4.